The second-order valence-electron chi connectivity index (χ2n) is 12.9. The number of rotatable bonds is 8. The van der Waals surface area contributed by atoms with Crippen LogP contribution in [0, 0.1) is 17.3 Å². The molecule has 0 radical (unpaired) electrons. The fraction of sp³-hybridized carbons (Fsp3) is 0.552. The van der Waals surface area contributed by atoms with Crippen LogP contribution in [-0.2, 0) is 24.1 Å². The molecular formula is C29H36F2O6SSi. The number of hydrogen-bond donors (Lipinski definition) is 1. The average molecular weight is 579 g/mol. The summed E-state index contributed by atoms with van der Waals surface area (Å²) in [6, 6.07) is 20.5. The van der Waals surface area contributed by atoms with Crippen molar-refractivity contribution in [3.63, 3.8) is 0 Å². The topological polar surface area (TPSA) is 89.9 Å². The predicted molar refractivity (Wildman–Crippen MR) is 146 cm³/mol. The lowest BCUT2D eigenvalue weighted by molar-refractivity contribution is -0.196. The van der Waals surface area contributed by atoms with Gasteiger partial charge in [-0.1, -0.05) is 81.4 Å². The van der Waals surface area contributed by atoms with E-state index >= 15 is 0 Å². The Morgan fingerprint density at radius 1 is 0.949 bits per heavy atom. The zero-order chi connectivity index (χ0) is 28.3. The molecular weight excluding hydrogens is 542 g/mol. The van der Waals surface area contributed by atoms with E-state index in [1.54, 1.807) is 0 Å². The first-order valence-electron chi connectivity index (χ1n) is 13.4. The van der Waals surface area contributed by atoms with Gasteiger partial charge in [-0.3, -0.25) is 9.35 Å². The molecule has 2 aromatic rings. The van der Waals surface area contributed by atoms with Crippen LogP contribution in [0.25, 0.3) is 0 Å². The molecule has 2 atom stereocenters. The minimum Gasteiger partial charge on any atom is -0.458 e. The Labute approximate surface area is 230 Å². The third-order valence-electron chi connectivity index (χ3n) is 8.98. The number of benzene rings is 2. The highest BCUT2D eigenvalue weighted by molar-refractivity contribution is 7.86. The predicted octanol–water partition coefficient (Wildman–Crippen LogP) is 4.93. The lowest BCUT2D eigenvalue weighted by Crippen LogP contribution is -2.72. The third-order valence-corrected chi connectivity index (χ3v) is 15.0. The van der Waals surface area contributed by atoms with E-state index in [-0.39, 0.29) is 16.9 Å². The number of carbonyl (C=O) groups excluding carboxylic acids is 1. The molecule has 2 aromatic carbocycles. The van der Waals surface area contributed by atoms with Gasteiger partial charge in [0.1, 0.15) is 0 Å². The van der Waals surface area contributed by atoms with Crippen LogP contribution in [0.1, 0.15) is 59.3 Å². The summed E-state index contributed by atoms with van der Waals surface area (Å²) in [5.41, 5.74) is -1.66. The van der Waals surface area contributed by atoms with E-state index in [4.69, 9.17) is 13.7 Å². The van der Waals surface area contributed by atoms with Crippen molar-refractivity contribution in [3.05, 3.63) is 60.7 Å². The van der Waals surface area contributed by atoms with Gasteiger partial charge in [0.2, 0.25) is 0 Å². The van der Waals surface area contributed by atoms with E-state index in [9.17, 15) is 22.0 Å². The quantitative estimate of drug-likeness (QED) is 0.272. The SMILES string of the molecule is CC(C)(C)[Si](OC12CC3CC(C1)CC(C(=O)OCC(F)(F)S(=O)(=O)O)(C3)C2)(c1ccccc1)c1ccccc1. The lowest BCUT2D eigenvalue weighted by Gasteiger charge is -2.63. The molecule has 39 heavy (non-hydrogen) atoms. The molecule has 212 valence electrons. The fourth-order valence-electron chi connectivity index (χ4n) is 7.89. The molecule has 2 unspecified atom stereocenters. The van der Waals surface area contributed by atoms with Crippen molar-refractivity contribution in [1.82, 2.24) is 0 Å². The molecule has 4 aliphatic rings. The highest BCUT2D eigenvalue weighted by Crippen LogP contribution is 2.64. The van der Waals surface area contributed by atoms with E-state index < -0.39 is 47.3 Å². The van der Waals surface area contributed by atoms with Gasteiger partial charge in [-0.25, -0.2) is 0 Å². The molecule has 0 saturated heterocycles. The maximum atomic E-state index is 13.9. The van der Waals surface area contributed by atoms with Gasteiger partial charge >= 0.3 is 21.3 Å². The second-order valence-corrected chi connectivity index (χ2v) is 18.6. The summed E-state index contributed by atoms with van der Waals surface area (Å²) < 4.78 is 71.5. The van der Waals surface area contributed by atoms with Crippen LogP contribution in [0.3, 0.4) is 0 Å². The van der Waals surface area contributed by atoms with Gasteiger partial charge in [-0.15, -0.1) is 0 Å². The Balaban J connectivity index is 1.54. The average Bonchev–Trinajstić information content (AvgIpc) is 2.85. The molecule has 0 amide bonds. The molecule has 4 saturated carbocycles. The molecule has 4 bridgehead atoms. The van der Waals surface area contributed by atoms with Crippen molar-refractivity contribution in [1.29, 1.82) is 0 Å². The van der Waals surface area contributed by atoms with E-state index in [1.807, 2.05) is 36.4 Å². The number of halogens is 2. The first kappa shape index (κ1) is 28.4. The molecule has 10 heteroatoms. The Bertz CT molecular complexity index is 1270. The van der Waals surface area contributed by atoms with E-state index in [2.05, 4.69) is 45.0 Å². The first-order chi connectivity index (χ1) is 18.1. The van der Waals surface area contributed by atoms with Crippen LogP contribution in [0.2, 0.25) is 5.04 Å². The Hall–Kier alpha value is -2.14. The molecule has 4 fully saturated rings. The smallest absolute Gasteiger partial charge is 0.402 e. The van der Waals surface area contributed by atoms with Crippen molar-refractivity contribution in [2.45, 2.75) is 75.2 Å². The van der Waals surface area contributed by atoms with Crippen molar-refractivity contribution in [3.8, 4) is 0 Å². The second kappa shape index (κ2) is 9.46. The molecule has 0 aromatic heterocycles. The molecule has 6 nitrogen and oxygen atoms in total. The van der Waals surface area contributed by atoms with Crippen LogP contribution >= 0.6 is 0 Å². The number of alkyl halides is 2. The third kappa shape index (κ3) is 4.87. The molecule has 0 spiro atoms. The summed E-state index contributed by atoms with van der Waals surface area (Å²) in [6.45, 7) is 4.88. The number of hydrogen-bond acceptors (Lipinski definition) is 5. The van der Waals surface area contributed by atoms with Gasteiger partial charge in [-0.2, -0.15) is 17.2 Å². The highest BCUT2D eigenvalue weighted by Gasteiger charge is 2.65. The van der Waals surface area contributed by atoms with Gasteiger partial charge in [0, 0.05) is 0 Å². The summed E-state index contributed by atoms with van der Waals surface area (Å²) in [7, 11) is -8.66. The summed E-state index contributed by atoms with van der Waals surface area (Å²) in [5.74, 6) is -0.464. The molecule has 6 rings (SSSR count). The minimum atomic E-state index is -5.70. The zero-order valence-electron chi connectivity index (χ0n) is 22.5. The van der Waals surface area contributed by atoms with Crippen LogP contribution in [0.4, 0.5) is 8.78 Å². The number of ether oxygens (including phenoxy) is 1. The first-order valence-corrected chi connectivity index (χ1v) is 16.8. The minimum absolute atomic E-state index is 0.180. The lowest BCUT2D eigenvalue weighted by atomic mass is 9.48. The fourth-order valence-corrected chi connectivity index (χ4v) is 12.9. The summed E-state index contributed by atoms with van der Waals surface area (Å²) >= 11 is 0. The zero-order valence-corrected chi connectivity index (χ0v) is 24.3. The molecule has 0 aliphatic heterocycles. The maximum absolute atomic E-state index is 13.9. The van der Waals surface area contributed by atoms with Crippen molar-refractivity contribution < 1.29 is 35.7 Å². The summed E-state index contributed by atoms with van der Waals surface area (Å²) in [5, 5.41) is -2.58. The number of esters is 1. The van der Waals surface area contributed by atoms with Crippen molar-refractivity contribution >= 4 is 34.8 Å². The highest BCUT2D eigenvalue weighted by atomic mass is 32.2. The molecule has 4 aliphatic carbocycles. The van der Waals surface area contributed by atoms with Crippen molar-refractivity contribution in [2.75, 3.05) is 6.61 Å². The summed E-state index contributed by atoms with van der Waals surface area (Å²) in [6.07, 6.45) is 3.86. The van der Waals surface area contributed by atoms with Crippen LogP contribution in [-0.4, -0.2) is 44.7 Å². The normalized spacial score (nSPS) is 28.9. The Morgan fingerprint density at radius 2 is 1.44 bits per heavy atom. The standard InChI is InChI=1S/C29H36F2O6SSi/c1-26(2,3)39(23-10-6-4-7-11-23,24-12-8-5-9-13-24)37-28-17-21-14-22(18-28)16-27(15-21,19-28)25(32)36-20-29(30,31)38(33,34)35/h4-13,21-22H,14-20H2,1-3H3,(H,33,34,35). The largest absolute Gasteiger partial charge is 0.458 e. The van der Waals surface area contributed by atoms with Crippen LogP contribution in [0.15, 0.2) is 60.7 Å². The van der Waals surface area contributed by atoms with Crippen LogP contribution in [0.5, 0.6) is 0 Å². The van der Waals surface area contributed by atoms with E-state index in [0.717, 1.165) is 29.6 Å². The molecule has 0 heterocycles. The van der Waals surface area contributed by atoms with Gasteiger partial charge in [0.05, 0.1) is 11.0 Å². The number of carbonyl (C=O) groups is 1. The monoisotopic (exact) mass is 578 g/mol. The van der Waals surface area contributed by atoms with Gasteiger partial charge in [0.15, 0.2) is 6.61 Å². The van der Waals surface area contributed by atoms with Gasteiger partial charge in [0.25, 0.3) is 8.32 Å². The molecule has 1 N–H and O–H groups in total. The Kier molecular flexibility index (Phi) is 6.89. The summed E-state index contributed by atoms with van der Waals surface area (Å²) in [4.78, 5) is 13.4. The van der Waals surface area contributed by atoms with E-state index in [0.29, 0.717) is 19.3 Å². The van der Waals surface area contributed by atoms with Gasteiger partial charge in [-0.05, 0) is 65.8 Å². The van der Waals surface area contributed by atoms with Gasteiger partial charge < -0.3 is 9.16 Å². The van der Waals surface area contributed by atoms with Crippen molar-refractivity contribution in [2.24, 2.45) is 17.3 Å². The van der Waals surface area contributed by atoms with E-state index in [1.165, 1.54) is 0 Å². The van der Waals surface area contributed by atoms with Crippen LogP contribution < -0.4 is 10.4 Å². The Morgan fingerprint density at radius 3 is 1.87 bits per heavy atom. The maximum Gasteiger partial charge on any atom is 0.402 e.